The van der Waals surface area contributed by atoms with Gasteiger partial charge in [0.1, 0.15) is 0 Å². The molecule has 1 amide bonds. The average molecular weight is 403 g/mol. The number of carbonyl (C=O) groups excluding carboxylic acids is 1. The number of nitrogens with zero attached hydrogens (tertiary/aromatic N) is 4. The van der Waals surface area contributed by atoms with E-state index in [1.165, 1.54) is 4.31 Å². The fourth-order valence-corrected chi connectivity index (χ4v) is 4.72. The third kappa shape index (κ3) is 4.02. The Kier molecular flexibility index (Phi) is 5.71. The molecule has 1 aromatic heterocycles. The van der Waals surface area contributed by atoms with Gasteiger partial charge in [0.25, 0.3) is 0 Å². The zero-order chi connectivity index (χ0) is 20.5. The van der Waals surface area contributed by atoms with Crippen LogP contribution in [0.2, 0.25) is 0 Å². The third-order valence-corrected chi connectivity index (χ3v) is 7.08. The summed E-state index contributed by atoms with van der Waals surface area (Å²) in [7, 11) is -1.66. The van der Waals surface area contributed by atoms with Gasteiger partial charge in [0.15, 0.2) is 0 Å². The molecule has 7 nitrogen and oxygen atoms in total. The number of aromatic nitrogens is 2. The number of benzene rings is 1. The van der Waals surface area contributed by atoms with E-state index in [9.17, 15) is 13.2 Å². The average Bonchev–Trinajstić information content (AvgIpc) is 2.92. The van der Waals surface area contributed by atoms with Gasteiger partial charge in [0.2, 0.25) is 15.9 Å². The second kappa shape index (κ2) is 7.89. The van der Waals surface area contributed by atoms with Crippen LogP contribution >= 0.6 is 0 Å². The summed E-state index contributed by atoms with van der Waals surface area (Å²) in [6.45, 7) is 7.12. The Morgan fingerprint density at radius 1 is 1.04 bits per heavy atom. The molecule has 1 aliphatic rings. The van der Waals surface area contributed by atoms with Crippen LogP contribution in [0.4, 0.5) is 0 Å². The summed E-state index contributed by atoms with van der Waals surface area (Å²) >= 11 is 0. The summed E-state index contributed by atoms with van der Waals surface area (Å²) in [5.41, 5.74) is 3.82. The van der Waals surface area contributed by atoms with Crippen LogP contribution in [0.5, 0.6) is 0 Å². The van der Waals surface area contributed by atoms with Crippen molar-refractivity contribution >= 4 is 22.0 Å². The molecule has 3 rings (SSSR count). The van der Waals surface area contributed by atoms with Crippen molar-refractivity contribution in [1.82, 2.24) is 19.0 Å². The summed E-state index contributed by atoms with van der Waals surface area (Å²) in [5, 5.41) is 4.34. The molecule has 0 N–H and O–H groups in total. The quantitative estimate of drug-likeness (QED) is 0.732. The first kappa shape index (κ1) is 20.3. The van der Waals surface area contributed by atoms with E-state index in [1.807, 2.05) is 27.8 Å². The van der Waals surface area contributed by atoms with Gasteiger partial charge in [0.05, 0.1) is 10.6 Å². The van der Waals surface area contributed by atoms with E-state index in [0.29, 0.717) is 31.1 Å². The zero-order valence-electron chi connectivity index (χ0n) is 16.7. The first-order valence-electron chi connectivity index (χ1n) is 9.24. The van der Waals surface area contributed by atoms with Gasteiger partial charge in [-0.25, -0.2) is 8.42 Å². The molecule has 1 saturated heterocycles. The van der Waals surface area contributed by atoms with Crippen LogP contribution in [0, 0.1) is 20.8 Å². The smallest absolute Gasteiger partial charge is 0.246 e. The summed E-state index contributed by atoms with van der Waals surface area (Å²) in [6, 6.07) is 6.84. The minimum absolute atomic E-state index is 0.116. The summed E-state index contributed by atoms with van der Waals surface area (Å²) in [5.74, 6) is -0.116. The van der Waals surface area contributed by atoms with Crippen molar-refractivity contribution in [3.05, 3.63) is 52.9 Å². The van der Waals surface area contributed by atoms with E-state index >= 15 is 0 Å². The van der Waals surface area contributed by atoms with Crippen LogP contribution in [0.25, 0.3) is 6.08 Å². The minimum atomic E-state index is -3.53. The molecule has 28 heavy (non-hydrogen) atoms. The Balaban J connectivity index is 1.64. The topological polar surface area (TPSA) is 75.5 Å². The molecule has 2 heterocycles. The Bertz CT molecular complexity index is 999. The summed E-state index contributed by atoms with van der Waals surface area (Å²) < 4.78 is 28.8. The highest BCUT2D eigenvalue weighted by atomic mass is 32.2. The monoisotopic (exact) mass is 402 g/mol. The van der Waals surface area contributed by atoms with E-state index in [4.69, 9.17) is 0 Å². The number of rotatable bonds is 4. The highest BCUT2D eigenvalue weighted by molar-refractivity contribution is 7.89. The fourth-order valence-electron chi connectivity index (χ4n) is 3.30. The number of hydrogen-bond acceptors (Lipinski definition) is 4. The van der Waals surface area contributed by atoms with Crippen molar-refractivity contribution in [1.29, 1.82) is 0 Å². The number of amides is 1. The molecule has 0 unspecified atom stereocenters. The van der Waals surface area contributed by atoms with Gasteiger partial charge in [-0.15, -0.1) is 0 Å². The molecule has 0 bridgehead atoms. The Morgan fingerprint density at radius 2 is 1.64 bits per heavy atom. The molecule has 0 radical (unpaired) electrons. The lowest BCUT2D eigenvalue weighted by Crippen LogP contribution is -2.50. The van der Waals surface area contributed by atoms with E-state index < -0.39 is 10.0 Å². The second-order valence-electron chi connectivity index (χ2n) is 7.08. The number of sulfonamides is 1. The van der Waals surface area contributed by atoms with Crippen LogP contribution in [0.15, 0.2) is 35.2 Å². The maximum atomic E-state index is 12.8. The molecule has 2 aromatic rings. The molecule has 8 heteroatoms. The fraction of sp³-hybridized carbons (Fsp3) is 0.400. The number of piperazine rings is 1. The number of aryl methyl sites for hydroxylation is 3. The highest BCUT2D eigenvalue weighted by Gasteiger charge is 2.29. The molecule has 0 atom stereocenters. The van der Waals surface area contributed by atoms with Gasteiger partial charge >= 0.3 is 0 Å². The van der Waals surface area contributed by atoms with Crippen LogP contribution in [0.1, 0.15) is 22.5 Å². The Morgan fingerprint density at radius 3 is 2.18 bits per heavy atom. The van der Waals surface area contributed by atoms with Crippen molar-refractivity contribution < 1.29 is 13.2 Å². The lowest BCUT2D eigenvalue weighted by molar-refractivity contribution is -0.127. The molecule has 150 valence electrons. The van der Waals surface area contributed by atoms with E-state index in [2.05, 4.69) is 5.10 Å². The zero-order valence-corrected chi connectivity index (χ0v) is 17.5. The Labute approximate surface area is 166 Å². The molecule has 1 aliphatic heterocycles. The Hall–Kier alpha value is -2.45. The molecule has 0 aliphatic carbocycles. The molecular weight excluding hydrogens is 376 g/mol. The first-order valence-corrected chi connectivity index (χ1v) is 10.7. The van der Waals surface area contributed by atoms with E-state index in [-0.39, 0.29) is 5.91 Å². The van der Waals surface area contributed by atoms with E-state index in [1.54, 1.807) is 46.0 Å². The van der Waals surface area contributed by atoms with Crippen molar-refractivity contribution in [3.8, 4) is 0 Å². The van der Waals surface area contributed by atoms with Gasteiger partial charge in [0, 0.05) is 50.6 Å². The van der Waals surface area contributed by atoms with Crippen LogP contribution in [-0.4, -0.2) is 59.5 Å². The van der Waals surface area contributed by atoms with Gasteiger partial charge in [-0.05, 0) is 39.0 Å². The maximum absolute atomic E-state index is 12.8. The summed E-state index contributed by atoms with van der Waals surface area (Å²) in [4.78, 5) is 14.5. The predicted molar refractivity (Wildman–Crippen MR) is 108 cm³/mol. The van der Waals surface area contributed by atoms with Gasteiger partial charge in [-0.3, -0.25) is 9.48 Å². The highest BCUT2D eigenvalue weighted by Crippen LogP contribution is 2.19. The maximum Gasteiger partial charge on any atom is 0.246 e. The number of hydrogen-bond donors (Lipinski definition) is 0. The predicted octanol–water partition coefficient (Wildman–Crippen LogP) is 1.89. The third-order valence-electron chi connectivity index (χ3n) is 5.17. The van der Waals surface area contributed by atoms with Gasteiger partial charge < -0.3 is 4.90 Å². The molecule has 0 saturated carbocycles. The number of carbonyl (C=O) groups is 1. The standard InChI is InChI=1S/C20H26N4O3S/c1-15-5-7-18(8-6-15)28(26,27)24-13-11-23(12-14-24)20(25)10-9-19-16(2)21-22(4)17(19)3/h5-10H,11-14H2,1-4H3/b10-9+. The lowest BCUT2D eigenvalue weighted by atomic mass is 10.2. The van der Waals surface area contributed by atoms with Crippen LogP contribution in [0.3, 0.4) is 0 Å². The molecule has 1 aromatic carbocycles. The molecular formula is C20H26N4O3S. The first-order chi connectivity index (χ1) is 13.2. The normalized spacial score (nSPS) is 16.1. The molecule has 0 spiro atoms. The van der Waals surface area contributed by atoms with Gasteiger partial charge in [-0.2, -0.15) is 9.40 Å². The SMILES string of the molecule is Cc1ccc(S(=O)(=O)N2CCN(C(=O)/C=C/c3c(C)nn(C)c3C)CC2)cc1. The van der Waals surface area contributed by atoms with Crippen molar-refractivity contribution in [2.75, 3.05) is 26.2 Å². The minimum Gasteiger partial charge on any atom is -0.337 e. The lowest BCUT2D eigenvalue weighted by Gasteiger charge is -2.33. The largest absolute Gasteiger partial charge is 0.337 e. The van der Waals surface area contributed by atoms with Crippen molar-refractivity contribution in [3.63, 3.8) is 0 Å². The van der Waals surface area contributed by atoms with Crippen LogP contribution < -0.4 is 0 Å². The van der Waals surface area contributed by atoms with Crippen molar-refractivity contribution in [2.45, 2.75) is 25.7 Å². The van der Waals surface area contributed by atoms with E-state index in [0.717, 1.165) is 22.5 Å². The van der Waals surface area contributed by atoms with Gasteiger partial charge in [-0.1, -0.05) is 17.7 Å². The second-order valence-corrected chi connectivity index (χ2v) is 9.02. The summed E-state index contributed by atoms with van der Waals surface area (Å²) in [6.07, 6.45) is 3.33. The van der Waals surface area contributed by atoms with Crippen LogP contribution in [-0.2, 0) is 21.9 Å². The van der Waals surface area contributed by atoms with Crippen molar-refractivity contribution in [2.24, 2.45) is 7.05 Å². The molecule has 1 fully saturated rings.